The number of rotatable bonds is 4. The van der Waals surface area contributed by atoms with Crippen molar-refractivity contribution >= 4 is 0 Å². The van der Waals surface area contributed by atoms with E-state index < -0.39 is 6.10 Å². The smallest absolute Gasteiger partial charge is 0.119 e. The van der Waals surface area contributed by atoms with Crippen LogP contribution in [0, 0.1) is 0 Å². The van der Waals surface area contributed by atoms with Crippen LogP contribution in [0.15, 0.2) is 43.0 Å². The maximum atomic E-state index is 9.80. The van der Waals surface area contributed by atoms with Gasteiger partial charge in [0.1, 0.15) is 12.7 Å². The molecule has 0 aliphatic heterocycles. The zero-order valence-electron chi connectivity index (χ0n) is 8.32. The molecule has 0 radical (unpaired) electrons. The summed E-state index contributed by atoms with van der Waals surface area (Å²) in [7, 11) is 0. The predicted molar refractivity (Wildman–Crippen MR) is 56.2 cm³/mol. The summed E-state index contributed by atoms with van der Waals surface area (Å²) in [6.45, 7) is 0.530. The third-order valence-electron chi connectivity index (χ3n) is 2.20. The van der Waals surface area contributed by atoms with Gasteiger partial charge in [-0.2, -0.15) is 0 Å². The van der Waals surface area contributed by atoms with E-state index in [-0.39, 0.29) is 0 Å². The maximum Gasteiger partial charge on any atom is 0.119 e. The van der Waals surface area contributed by atoms with E-state index in [0.29, 0.717) is 13.0 Å². The summed E-state index contributed by atoms with van der Waals surface area (Å²) in [6.07, 6.45) is 3.46. The molecule has 0 spiro atoms. The van der Waals surface area contributed by atoms with Gasteiger partial charge in [-0.15, -0.1) is 10.2 Å². The van der Waals surface area contributed by atoms with E-state index >= 15 is 0 Å². The van der Waals surface area contributed by atoms with Gasteiger partial charge in [-0.05, 0) is 5.56 Å². The number of benzene rings is 1. The summed E-state index contributed by atoms with van der Waals surface area (Å²) in [5.41, 5.74) is 1.14. The van der Waals surface area contributed by atoms with E-state index in [2.05, 4.69) is 10.2 Å². The van der Waals surface area contributed by atoms with Crippen LogP contribution in [0.2, 0.25) is 0 Å². The Bertz CT molecular complexity index is 385. The molecule has 15 heavy (non-hydrogen) atoms. The average Bonchev–Trinajstić information content (AvgIpc) is 2.71. The minimum absolute atomic E-state index is 0.400. The Labute approximate surface area is 88.2 Å². The molecule has 1 aromatic heterocycles. The zero-order valence-corrected chi connectivity index (χ0v) is 8.32. The number of nitrogens with zero attached hydrogens (tertiary/aromatic N) is 3. The van der Waals surface area contributed by atoms with Crippen molar-refractivity contribution in [3.63, 3.8) is 0 Å². The van der Waals surface area contributed by atoms with Crippen molar-refractivity contribution < 1.29 is 5.11 Å². The standard InChI is InChI=1S/C11H13N3O/c15-11(7-14-8-12-13-9-14)6-10-4-2-1-3-5-10/h1-5,8-9,11,15H,6-7H2/t11-/m1/s1. The highest BCUT2D eigenvalue weighted by atomic mass is 16.3. The predicted octanol–water partition coefficient (Wildman–Crippen LogP) is 0.882. The molecule has 0 amide bonds. The Hall–Kier alpha value is -1.68. The summed E-state index contributed by atoms with van der Waals surface area (Å²) >= 11 is 0. The number of hydrogen-bond acceptors (Lipinski definition) is 3. The molecule has 1 N–H and O–H groups in total. The van der Waals surface area contributed by atoms with E-state index in [1.165, 1.54) is 0 Å². The molecule has 0 saturated carbocycles. The van der Waals surface area contributed by atoms with Gasteiger partial charge < -0.3 is 9.67 Å². The van der Waals surface area contributed by atoms with Crippen molar-refractivity contribution in [2.75, 3.05) is 0 Å². The van der Waals surface area contributed by atoms with E-state index in [1.54, 1.807) is 17.2 Å². The van der Waals surface area contributed by atoms with Crippen LogP contribution in [0.4, 0.5) is 0 Å². The largest absolute Gasteiger partial charge is 0.391 e. The van der Waals surface area contributed by atoms with Crippen molar-refractivity contribution in [3.05, 3.63) is 48.5 Å². The van der Waals surface area contributed by atoms with Crippen LogP contribution in [-0.2, 0) is 13.0 Å². The first-order chi connectivity index (χ1) is 7.34. The van der Waals surface area contributed by atoms with Gasteiger partial charge in [-0.1, -0.05) is 30.3 Å². The Morgan fingerprint density at radius 3 is 2.47 bits per heavy atom. The highest BCUT2D eigenvalue weighted by Gasteiger charge is 2.05. The normalized spacial score (nSPS) is 12.6. The topological polar surface area (TPSA) is 50.9 Å². The lowest BCUT2D eigenvalue weighted by Gasteiger charge is -2.10. The molecule has 2 rings (SSSR count). The summed E-state index contributed by atoms with van der Waals surface area (Å²) in [6, 6.07) is 9.93. The van der Waals surface area contributed by atoms with Crippen LogP contribution in [0.5, 0.6) is 0 Å². The van der Waals surface area contributed by atoms with Gasteiger partial charge >= 0.3 is 0 Å². The lowest BCUT2D eigenvalue weighted by Crippen LogP contribution is -2.17. The van der Waals surface area contributed by atoms with Crippen LogP contribution in [-0.4, -0.2) is 26.0 Å². The van der Waals surface area contributed by atoms with Gasteiger partial charge in [0, 0.05) is 6.42 Å². The van der Waals surface area contributed by atoms with E-state index in [4.69, 9.17) is 0 Å². The van der Waals surface area contributed by atoms with Crippen molar-refractivity contribution in [1.29, 1.82) is 0 Å². The third-order valence-corrected chi connectivity index (χ3v) is 2.20. The van der Waals surface area contributed by atoms with Gasteiger partial charge in [0.2, 0.25) is 0 Å². The highest BCUT2D eigenvalue weighted by molar-refractivity contribution is 5.15. The summed E-state index contributed by atoms with van der Waals surface area (Å²) in [5.74, 6) is 0. The molecule has 1 aromatic carbocycles. The molecule has 78 valence electrons. The third kappa shape index (κ3) is 2.89. The zero-order chi connectivity index (χ0) is 10.5. The fraction of sp³-hybridized carbons (Fsp3) is 0.273. The van der Waals surface area contributed by atoms with Crippen LogP contribution in [0.1, 0.15) is 5.56 Å². The van der Waals surface area contributed by atoms with Crippen LogP contribution in [0.25, 0.3) is 0 Å². The molecule has 0 aliphatic carbocycles. The fourth-order valence-corrected chi connectivity index (χ4v) is 1.51. The summed E-state index contributed by atoms with van der Waals surface area (Å²) in [4.78, 5) is 0. The van der Waals surface area contributed by atoms with Gasteiger partial charge in [0.15, 0.2) is 0 Å². The molecule has 2 aromatic rings. The average molecular weight is 203 g/mol. The van der Waals surface area contributed by atoms with Crippen molar-refractivity contribution in [3.8, 4) is 0 Å². The second kappa shape index (κ2) is 4.70. The molecule has 1 atom stereocenters. The molecule has 0 unspecified atom stereocenters. The second-order valence-corrected chi connectivity index (χ2v) is 3.50. The Kier molecular flexibility index (Phi) is 3.09. The molecule has 4 nitrogen and oxygen atoms in total. The van der Waals surface area contributed by atoms with E-state index in [9.17, 15) is 5.11 Å². The number of aliphatic hydroxyl groups excluding tert-OH is 1. The number of aromatic nitrogens is 3. The minimum Gasteiger partial charge on any atom is -0.391 e. The van der Waals surface area contributed by atoms with Gasteiger partial charge in [0.25, 0.3) is 0 Å². The van der Waals surface area contributed by atoms with Gasteiger partial charge in [-0.3, -0.25) is 0 Å². The van der Waals surface area contributed by atoms with Crippen LogP contribution < -0.4 is 0 Å². The summed E-state index contributed by atoms with van der Waals surface area (Å²) in [5, 5.41) is 17.2. The molecule has 0 saturated heterocycles. The Morgan fingerprint density at radius 2 is 1.80 bits per heavy atom. The van der Waals surface area contributed by atoms with Crippen molar-refractivity contribution in [2.45, 2.75) is 19.1 Å². The van der Waals surface area contributed by atoms with Crippen LogP contribution in [0.3, 0.4) is 0 Å². The van der Waals surface area contributed by atoms with Gasteiger partial charge in [-0.25, -0.2) is 0 Å². The van der Waals surface area contributed by atoms with Crippen molar-refractivity contribution in [1.82, 2.24) is 14.8 Å². The quantitative estimate of drug-likeness (QED) is 0.802. The highest BCUT2D eigenvalue weighted by Crippen LogP contribution is 2.04. The molecule has 1 heterocycles. The first-order valence-electron chi connectivity index (χ1n) is 4.89. The second-order valence-electron chi connectivity index (χ2n) is 3.50. The Balaban J connectivity index is 1.90. The minimum atomic E-state index is -0.400. The lowest BCUT2D eigenvalue weighted by molar-refractivity contribution is 0.154. The molecular weight excluding hydrogens is 190 g/mol. The number of hydrogen-bond donors (Lipinski definition) is 1. The fourth-order valence-electron chi connectivity index (χ4n) is 1.51. The monoisotopic (exact) mass is 203 g/mol. The van der Waals surface area contributed by atoms with Crippen molar-refractivity contribution in [2.24, 2.45) is 0 Å². The van der Waals surface area contributed by atoms with E-state index in [1.807, 2.05) is 30.3 Å². The molecule has 4 heteroatoms. The van der Waals surface area contributed by atoms with Crippen LogP contribution >= 0.6 is 0 Å². The Morgan fingerprint density at radius 1 is 1.13 bits per heavy atom. The maximum absolute atomic E-state index is 9.80. The van der Waals surface area contributed by atoms with Gasteiger partial charge in [0.05, 0.1) is 12.6 Å². The lowest BCUT2D eigenvalue weighted by atomic mass is 10.1. The first-order valence-corrected chi connectivity index (χ1v) is 4.89. The molecule has 0 aliphatic rings. The van der Waals surface area contributed by atoms with E-state index in [0.717, 1.165) is 5.56 Å². The SMILES string of the molecule is O[C@H](Cc1ccccc1)Cn1cnnc1. The molecule has 0 fully saturated rings. The molecular formula is C11H13N3O. The number of aliphatic hydroxyl groups is 1. The first kappa shape index (κ1) is 9.86. The molecule has 0 bridgehead atoms. The summed E-state index contributed by atoms with van der Waals surface area (Å²) < 4.78 is 1.77.